The van der Waals surface area contributed by atoms with Crippen molar-refractivity contribution in [1.29, 1.82) is 0 Å². The van der Waals surface area contributed by atoms with Gasteiger partial charge in [-0.05, 0) is 36.9 Å². The van der Waals surface area contributed by atoms with Crippen LogP contribution in [-0.4, -0.2) is 7.05 Å². The fraction of sp³-hybridized carbons (Fsp3) is 0.200. The highest BCUT2D eigenvalue weighted by Crippen LogP contribution is 2.20. The summed E-state index contributed by atoms with van der Waals surface area (Å²) in [5.41, 5.74) is 1.91. The van der Waals surface area contributed by atoms with E-state index in [4.69, 9.17) is 16.3 Å². The Kier molecular flexibility index (Phi) is 4.77. The van der Waals surface area contributed by atoms with Gasteiger partial charge < -0.3 is 10.1 Å². The first kappa shape index (κ1) is 13.8. The van der Waals surface area contributed by atoms with Crippen LogP contribution in [0.25, 0.3) is 0 Å². The van der Waals surface area contributed by atoms with E-state index in [0.29, 0.717) is 11.6 Å². The van der Waals surface area contributed by atoms with Crippen molar-refractivity contribution in [2.24, 2.45) is 0 Å². The second-order valence-electron chi connectivity index (χ2n) is 4.20. The molecule has 0 aromatic heterocycles. The maximum atomic E-state index is 12.9. The molecule has 0 fully saturated rings. The highest BCUT2D eigenvalue weighted by Gasteiger charge is 2.03. The highest BCUT2D eigenvalue weighted by molar-refractivity contribution is 6.31. The van der Waals surface area contributed by atoms with Crippen molar-refractivity contribution < 1.29 is 9.13 Å². The number of nitrogens with one attached hydrogen (secondary N) is 1. The summed E-state index contributed by atoms with van der Waals surface area (Å²) in [6, 6.07) is 12.1. The van der Waals surface area contributed by atoms with Gasteiger partial charge in [0.2, 0.25) is 0 Å². The van der Waals surface area contributed by atoms with Gasteiger partial charge >= 0.3 is 0 Å². The smallest absolute Gasteiger partial charge is 0.124 e. The summed E-state index contributed by atoms with van der Waals surface area (Å²) in [6.07, 6.45) is 0. The van der Waals surface area contributed by atoms with Gasteiger partial charge in [0.15, 0.2) is 0 Å². The molecule has 0 saturated heterocycles. The molecule has 0 amide bonds. The Morgan fingerprint density at radius 2 is 2.05 bits per heavy atom. The predicted octanol–water partition coefficient (Wildman–Crippen LogP) is 3.78. The summed E-state index contributed by atoms with van der Waals surface area (Å²) in [6.45, 7) is 1.11. The normalized spacial score (nSPS) is 10.5. The Bertz CT molecular complexity index is 560. The lowest BCUT2D eigenvalue weighted by atomic mass is 10.2. The summed E-state index contributed by atoms with van der Waals surface area (Å²) in [7, 11) is 1.89. The molecule has 2 nitrogen and oxygen atoms in total. The Balaban J connectivity index is 2.03. The first-order valence-corrected chi connectivity index (χ1v) is 6.37. The van der Waals surface area contributed by atoms with E-state index >= 15 is 0 Å². The number of benzene rings is 2. The molecule has 2 aromatic carbocycles. The summed E-state index contributed by atoms with van der Waals surface area (Å²) in [5.74, 6) is 0.429. The summed E-state index contributed by atoms with van der Waals surface area (Å²) >= 11 is 5.95. The molecule has 2 aromatic rings. The average Bonchev–Trinajstić information content (AvgIpc) is 2.38. The van der Waals surface area contributed by atoms with Crippen LogP contribution in [0.3, 0.4) is 0 Å². The summed E-state index contributed by atoms with van der Waals surface area (Å²) in [4.78, 5) is 0. The molecule has 0 aliphatic rings. The molecule has 19 heavy (non-hydrogen) atoms. The fourth-order valence-electron chi connectivity index (χ4n) is 1.75. The average molecular weight is 280 g/mol. The molecular formula is C15H15ClFNO. The van der Waals surface area contributed by atoms with E-state index in [0.717, 1.165) is 23.4 Å². The van der Waals surface area contributed by atoms with Crippen LogP contribution in [0.15, 0.2) is 42.5 Å². The van der Waals surface area contributed by atoms with E-state index in [1.54, 1.807) is 6.07 Å². The second kappa shape index (κ2) is 6.55. The first-order valence-electron chi connectivity index (χ1n) is 5.99. The third-order valence-corrected chi connectivity index (χ3v) is 3.04. The Labute approximate surface area is 117 Å². The van der Waals surface area contributed by atoms with Crippen LogP contribution in [0.1, 0.15) is 11.1 Å². The van der Waals surface area contributed by atoms with E-state index in [-0.39, 0.29) is 5.82 Å². The SMILES string of the molecule is CNCc1cccc(OCc2ccc(F)cc2Cl)c1. The third kappa shape index (κ3) is 3.94. The van der Waals surface area contributed by atoms with Gasteiger partial charge in [-0.3, -0.25) is 0 Å². The summed E-state index contributed by atoms with van der Waals surface area (Å²) < 4.78 is 18.6. The van der Waals surface area contributed by atoms with Crippen molar-refractivity contribution in [2.45, 2.75) is 13.2 Å². The van der Waals surface area contributed by atoms with E-state index < -0.39 is 0 Å². The highest BCUT2D eigenvalue weighted by atomic mass is 35.5. The lowest BCUT2D eigenvalue weighted by molar-refractivity contribution is 0.306. The van der Waals surface area contributed by atoms with Crippen molar-refractivity contribution >= 4 is 11.6 Å². The Morgan fingerprint density at radius 1 is 1.21 bits per heavy atom. The maximum absolute atomic E-state index is 12.9. The van der Waals surface area contributed by atoms with Crippen molar-refractivity contribution in [2.75, 3.05) is 7.05 Å². The van der Waals surface area contributed by atoms with Gasteiger partial charge in [-0.15, -0.1) is 0 Å². The molecule has 4 heteroatoms. The molecule has 0 bridgehead atoms. The van der Waals surface area contributed by atoms with Crippen LogP contribution in [0.4, 0.5) is 4.39 Å². The quantitative estimate of drug-likeness (QED) is 0.899. The number of hydrogen-bond acceptors (Lipinski definition) is 2. The minimum Gasteiger partial charge on any atom is -0.489 e. The van der Waals surface area contributed by atoms with E-state index in [2.05, 4.69) is 5.32 Å². The zero-order valence-corrected chi connectivity index (χ0v) is 11.4. The Hall–Kier alpha value is -1.58. The van der Waals surface area contributed by atoms with Crippen LogP contribution in [-0.2, 0) is 13.2 Å². The van der Waals surface area contributed by atoms with Crippen molar-refractivity contribution in [1.82, 2.24) is 5.32 Å². The van der Waals surface area contributed by atoms with Gasteiger partial charge in [-0.1, -0.05) is 29.8 Å². The fourth-order valence-corrected chi connectivity index (χ4v) is 1.97. The molecule has 0 saturated carbocycles. The zero-order valence-electron chi connectivity index (χ0n) is 10.6. The number of ether oxygens (including phenoxy) is 1. The molecule has 0 heterocycles. The predicted molar refractivity (Wildman–Crippen MR) is 74.9 cm³/mol. The molecule has 0 aliphatic heterocycles. The standard InChI is InChI=1S/C15H15ClFNO/c1-18-9-11-3-2-4-14(7-11)19-10-12-5-6-13(17)8-15(12)16/h2-8,18H,9-10H2,1H3. The lowest BCUT2D eigenvalue weighted by Gasteiger charge is -2.09. The topological polar surface area (TPSA) is 21.3 Å². The molecule has 0 aliphatic carbocycles. The zero-order chi connectivity index (χ0) is 13.7. The molecule has 0 unspecified atom stereocenters. The number of hydrogen-bond donors (Lipinski definition) is 1. The largest absolute Gasteiger partial charge is 0.489 e. The van der Waals surface area contributed by atoms with Gasteiger partial charge in [0, 0.05) is 12.1 Å². The molecule has 2 rings (SSSR count). The van der Waals surface area contributed by atoms with Gasteiger partial charge in [0.1, 0.15) is 18.2 Å². The van der Waals surface area contributed by atoms with Crippen LogP contribution in [0.5, 0.6) is 5.75 Å². The third-order valence-electron chi connectivity index (χ3n) is 2.69. The van der Waals surface area contributed by atoms with Crippen LogP contribution >= 0.6 is 11.6 Å². The first-order chi connectivity index (χ1) is 9.19. The lowest BCUT2D eigenvalue weighted by Crippen LogP contribution is -2.05. The molecule has 0 spiro atoms. The van der Waals surface area contributed by atoms with Crippen molar-refractivity contribution in [3.05, 3.63) is 64.4 Å². The molecule has 0 radical (unpaired) electrons. The van der Waals surface area contributed by atoms with E-state index in [9.17, 15) is 4.39 Å². The minimum absolute atomic E-state index is 0.322. The van der Waals surface area contributed by atoms with Gasteiger partial charge in [-0.25, -0.2) is 4.39 Å². The molecular weight excluding hydrogens is 265 g/mol. The van der Waals surface area contributed by atoms with Crippen LogP contribution < -0.4 is 10.1 Å². The van der Waals surface area contributed by atoms with Crippen LogP contribution in [0.2, 0.25) is 5.02 Å². The van der Waals surface area contributed by atoms with E-state index in [1.165, 1.54) is 12.1 Å². The summed E-state index contributed by atoms with van der Waals surface area (Å²) in [5, 5.41) is 3.46. The van der Waals surface area contributed by atoms with Gasteiger partial charge in [0.25, 0.3) is 0 Å². The van der Waals surface area contributed by atoms with Gasteiger partial charge in [-0.2, -0.15) is 0 Å². The van der Waals surface area contributed by atoms with E-state index in [1.807, 2.05) is 31.3 Å². The maximum Gasteiger partial charge on any atom is 0.124 e. The molecule has 0 atom stereocenters. The second-order valence-corrected chi connectivity index (χ2v) is 4.61. The van der Waals surface area contributed by atoms with Crippen molar-refractivity contribution in [3.8, 4) is 5.75 Å². The van der Waals surface area contributed by atoms with Gasteiger partial charge in [0.05, 0.1) is 5.02 Å². The number of halogens is 2. The van der Waals surface area contributed by atoms with Crippen molar-refractivity contribution in [3.63, 3.8) is 0 Å². The number of rotatable bonds is 5. The monoisotopic (exact) mass is 279 g/mol. The molecule has 1 N–H and O–H groups in total. The molecule has 100 valence electrons. The minimum atomic E-state index is -0.343. The Morgan fingerprint density at radius 3 is 2.79 bits per heavy atom. The van der Waals surface area contributed by atoms with Crippen LogP contribution in [0, 0.1) is 5.82 Å².